The molecule has 0 spiro atoms. The van der Waals surface area contributed by atoms with Crippen molar-refractivity contribution in [3.05, 3.63) is 41.7 Å². The van der Waals surface area contributed by atoms with Crippen molar-refractivity contribution in [3.63, 3.8) is 0 Å². The van der Waals surface area contributed by atoms with E-state index in [0.29, 0.717) is 5.92 Å². The molecule has 0 bridgehead atoms. The molecule has 0 atom stereocenters. The van der Waals surface area contributed by atoms with Gasteiger partial charge in [-0.3, -0.25) is 0 Å². The van der Waals surface area contributed by atoms with Crippen LogP contribution in [0, 0.1) is 17.6 Å². The molecule has 1 aliphatic rings. The second kappa shape index (κ2) is 10.3. The van der Waals surface area contributed by atoms with E-state index in [1.165, 1.54) is 44.1 Å². The Hall–Kier alpha value is -1.91. The van der Waals surface area contributed by atoms with Crippen molar-refractivity contribution in [2.75, 3.05) is 0 Å². The Morgan fingerprint density at radius 3 is 2.54 bits per heavy atom. The van der Waals surface area contributed by atoms with Crippen molar-refractivity contribution in [2.24, 2.45) is 5.92 Å². The average Bonchev–Trinajstić information content (AvgIpc) is 2.64. The minimum absolute atomic E-state index is 0.216. The molecular weight excluding hydrogens is 338 g/mol. The SMILES string of the molecule is CC=COc1ccc(C(=O)OC2CCC(CCCCC)CC2)c(F)c1F. The minimum atomic E-state index is -1.23. The zero-order chi connectivity index (χ0) is 18.9. The summed E-state index contributed by atoms with van der Waals surface area (Å²) in [5, 5.41) is 0. The molecule has 0 amide bonds. The molecule has 0 heterocycles. The third-order valence-corrected chi connectivity index (χ3v) is 4.88. The summed E-state index contributed by atoms with van der Waals surface area (Å²) in [6.07, 6.45) is 11.1. The first-order valence-corrected chi connectivity index (χ1v) is 9.53. The standard InChI is InChI=1S/C21H28F2O3/c1-3-5-6-7-15-8-10-16(11-9-15)26-21(24)17-12-13-18(25-14-4-2)20(23)19(17)22/h4,12-16H,3,5-11H2,1-2H3. The highest BCUT2D eigenvalue weighted by atomic mass is 19.2. The van der Waals surface area contributed by atoms with Gasteiger partial charge in [0.2, 0.25) is 5.82 Å². The van der Waals surface area contributed by atoms with Crippen molar-refractivity contribution < 1.29 is 23.0 Å². The number of unbranched alkanes of at least 4 members (excludes halogenated alkanes) is 2. The second-order valence-electron chi connectivity index (χ2n) is 6.87. The van der Waals surface area contributed by atoms with Gasteiger partial charge in [-0.15, -0.1) is 0 Å². The lowest BCUT2D eigenvalue weighted by Gasteiger charge is -2.28. The highest BCUT2D eigenvalue weighted by Crippen LogP contribution is 2.31. The number of halogens is 2. The maximum atomic E-state index is 14.1. The van der Waals surface area contributed by atoms with Crippen molar-refractivity contribution in [1.82, 2.24) is 0 Å². The van der Waals surface area contributed by atoms with Gasteiger partial charge in [0.25, 0.3) is 0 Å². The summed E-state index contributed by atoms with van der Waals surface area (Å²) in [4.78, 5) is 12.2. The molecular formula is C21H28F2O3. The van der Waals surface area contributed by atoms with Gasteiger partial charge in [0, 0.05) is 0 Å². The largest absolute Gasteiger partial charge is 0.462 e. The molecule has 3 nitrogen and oxygen atoms in total. The van der Waals surface area contributed by atoms with E-state index in [2.05, 4.69) is 6.92 Å². The highest BCUT2D eigenvalue weighted by molar-refractivity contribution is 5.90. The van der Waals surface area contributed by atoms with Crippen LogP contribution >= 0.6 is 0 Å². The van der Waals surface area contributed by atoms with Gasteiger partial charge in [-0.1, -0.05) is 38.7 Å². The van der Waals surface area contributed by atoms with Crippen LogP contribution in [0.15, 0.2) is 24.5 Å². The summed E-state index contributed by atoms with van der Waals surface area (Å²) < 4.78 is 38.5. The van der Waals surface area contributed by atoms with E-state index in [-0.39, 0.29) is 17.4 Å². The molecule has 26 heavy (non-hydrogen) atoms. The third-order valence-electron chi connectivity index (χ3n) is 4.88. The molecule has 0 N–H and O–H groups in total. The number of hydrogen-bond acceptors (Lipinski definition) is 3. The van der Waals surface area contributed by atoms with Crippen LogP contribution in [0.25, 0.3) is 0 Å². The highest BCUT2D eigenvalue weighted by Gasteiger charge is 2.26. The fraction of sp³-hybridized carbons (Fsp3) is 0.571. The van der Waals surface area contributed by atoms with Crippen LogP contribution in [0.1, 0.15) is 75.6 Å². The lowest BCUT2D eigenvalue weighted by atomic mass is 9.84. The number of carbonyl (C=O) groups excluding carboxylic acids is 1. The summed E-state index contributed by atoms with van der Waals surface area (Å²) in [6.45, 7) is 3.88. The van der Waals surface area contributed by atoms with Crippen molar-refractivity contribution >= 4 is 5.97 Å². The van der Waals surface area contributed by atoms with Crippen molar-refractivity contribution in [2.45, 2.75) is 71.3 Å². The van der Waals surface area contributed by atoms with Crippen LogP contribution in [0.2, 0.25) is 0 Å². The summed E-state index contributed by atoms with van der Waals surface area (Å²) in [7, 11) is 0. The van der Waals surface area contributed by atoms with E-state index in [1.807, 2.05) is 0 Å². The second-order valence-corrected chi connectivity index (χ2v) is 6.87. The monoisotopic (exact) mass is 366 g/mol. The molecule has 5 heteroatoms. The smallest absolute Gasteiger partial charge is 0.341 e. The van der Waals surface area contributed by atoms with E-state index in [0.717, 1.165) is 25.7 Å². The normalized spacial score (nSPS) is 20.3. The molecule has 0 unspecified atom stereocenters. The minimum Gasteiger partial charge on any atom is -0.462 e. The van der Waals surface area contributed by atoms with Crippen LogP contribution in [0.3, 0.4) is 0 Å². The van der Waals surface area contributed by atoms with E-state index in [9.17, 15) is 13.6 Å². The number of rotatable bonds is 8. The van der Waals surface area contributed by atoms with Gasteiger partial charge in [0.05, 0.1) is 11.8 Å². The Bertz CT molecular complexity index is 620. The number of benzene rings is 1. The fourth-order valence-electron chi connectivity index (χ4n) is 3.36. The number of allylic oxidation sites excluding steroid dienone is 1. The number of hydrogen-bond donors (Lipinski definition) is 0. The first-order valence-electron chi connectivity index (χ1n) is 9.53. The predicted molar refractivity (Wildman–Crippen MR) is 97.1 cm³/mol. The number of ether oxygens (including phenoxy) is 2. The number of esters is 1. The number of carbonyl (C=O) groups is 1. The summed E-state index contributed by atoms with van der Waals surface area (Å²) in [6, 6.07) is 2.44. The molecule has 0 aliphatic heterocycles. The topological polar surface area (TPSA) is 35.5 Å². The molecule has 2 rings (SSSR count). The first-order chi connectivity index (χ1) is 12.6. The van der Waals surface area contributed by atoms with Crippen LogP contribution in [-0.2, 0) is 4.74 Å². The van der Waals surface area contributed by atoms with Crippen LogP contribution in [0.4, 0.5) is 8.78 Å². The molecule has 1 aromatic carbocycles. The molecule has 0 radical (unpaired) electrons. The van der Waals surface area contributed by atoms with Crippen molar-refractivity contribution in [1.29, 1.82) is 0 Å². The zero-order valence-corrected chi connectivity index (χ0v) is 15.6. The van der Waals surface area contributed by atoms with Crippen molar-refractivity contribution in [3.8, 4) is 5.75 Å². The Kier molecular flexibility index (Phi) is 8.07. The van der Waals surface area contributed by atoms with Gasteiger partial charge < -0.3 is 9.47 Å². The lowest BCUT2D eigenvalue weighted by molar-refractivity contribution is 0.0155. The zero-order valence-electron chi connectivity index (χ0n) is 15.6. The molecule has 1 fully saturated rings. The van der Waals surface area contributed by atoms with Crippen LogP contribution < -0.4 is 4.74 Å². The van der Waals surface area contributed by atoms with E-state index in [1.54, 1.807) is 13.0 Å². The van der Waals surface area contributed by atoms with Gasteiger partial charge in [-0.05, 0) is 50.7 Å². The van der Waals surface area contributed by atoms with Gasteiger partial charge >= 0.3 is 5.97 Å². The Morgan fingerprint density at radius 2 is 1.88 bits per heavy atom. The van der Waals surface area contributed by atoms with E-state index in [4.69, 9.17) is 9.47 Å². The summed E-state index contributed by atoms with van der Waals surface area (Å²) >= 11 is 0. The Morgan fingerprint density at radius 1 is 1.15 bits per heavy atom. The van der Waals surface area contributed by atoms with Crippen LogP contribution in [-0.4, -0.2) is 12.1 Å². The molecule has 1 aliphatic carbocycles. The predicted octanol–water partition coefficient (Wildman–Crippen LogP) is 6.17. The lowest BCUT2D eigenvalue weighted by Crippen LogP contribution is -2.25. The fourth-order valence-corrected chi connectivity index (χ4v) is 3.36. The quantitative estimate of drug-likeness (QED) is 0.313. The molecule has 0 aromatic heterocycles. The van der Waals surface area contributed by atoms with Gasteiger partial charge in [0.15, 0.2) is 11.6 Å². The molecule has 1 aromatic rings. The van der Waals surface area contributed by atoms with E-state index < -0.39 is 17.6 Å². The Balaban J connectivity index is 1.89. The first kappa shape index (κ1) is 20.4. The molecule has 0 saturated heterocycles. The van der Waals surface area contributed by atoms with Gasteiger partial charge in [-0.25, -0.2) is 9.18 Å². The average molecular weight is 366 g/mol. The molecule has 1 saturated carbocycles. The Labute approximate surface area is 154 Å². The maximum Gasteiger partial charge on any atom is 0.341 e. The summed E-state index contributed by atoms with van der Waals surface area (Å²) in [5.74, 6) is -2.80. The third kappa shape index (κ3) is 5.55. The van der Waals surface area contributed by atoms with Crippen LogP contribution in [0.5, 0.6) is 5.75 Å². The summed E-state index contributed by atoms with van der Waals surface area (Å²) in [5.41, 5.74) is -0.389. The maximum absolute atomic E-state index is 14.1. The van der Waals surface area contributed by atoms with Gasteiger partial charge in [0.1, 0.15) is 6.10 Å². The molecule has 144 valence electrons. The van der Waals surface area contributed by atoms with Gasteiger partial charge in [-0.2, -0.15) is 4.39 Å². The van der Waals surface area contributed by atoms with E-state index >= 15 is 0 Å².